The van der Waals surface area contributed by atoms with Gasteiger partial charge < -0.3 is 14.2 Å². The van der Waals surface area contributed by atoms with Gasteiger partial charge in [0.2, 0.25) is 0 Å². The number of aryl methyl sites for hydroxylation is 2. The van der Waals surface area contributed by atoms with Gasteiger partial charge in [-0.2, -0.15) is 0 Å². The predicted octanol–water partition coefficient (Wildman–Crippen LogP) is 1.29. The molecule has 0 N–H and O–H groups in total. The standard InChI is InChI=1S/C16H20N4O2/c1-19-8-2-3-15(19)16(21)20-9-10-22-12-14(20)5-4-13-11-17-6-7-18-13/h2-3,6-8,11,14H,4-5,9-10,12H2,1H3/t14-/m1/s1. The molecule has 22 heavy (non-hydrogen) atoms. The van der Waals surface area contributed by atoms with Gasteiger partial charge >= 0.3 is 0 Å². The molecule has 0 aliphatic carbocycles. The van der Waals surface area contributed by atoms with Crippen LogP contribution in [0.4, 0.5) is 0 Å². The quantitative estimate of drug-likeness (QED) is 0.853. The summed E-state index contributed by atoms with van der Waals surface area (Å²) in [5.74, 6) is 0.0694. The molecule has 1 saturated heterocycles. The molecule has 6 heteroatoms. The molecule has 2 aromatic rings. The summed E-state index contributed by atoms with van der Waals surface area (Å²) in [5.41, 5.74) is 1.66. The molecule has 2 aromatic heterocycles. The normalized spacial score (nSPS) is 18.4. The Balaban J connectivity index is 1.69. The number of nitrogens with zero attached hydrogens (tertiary/aromatic N) is 4. The monoisotopic (exact) mass is 300 g/mol. The van der Waals surface area contributed by atoms with Crippen LogP contribution in [0.1, 0.15) is 22.6 Å². The maximum atomic E-state index is 12.7. The molecule has 0 radical (unpaired) electrons. The highest BCUT2D eigenvalue weighted by atomic mass is 16.5. The smallest absolute Gasteiger partial charge is 0.270 e. The second-order valence-corrected chi connectivity index (χ2v) is 5.47. The van der Waals surface area contributed by atoms with Crippen molar-refractivity contribution >= 4 is 5.91 Å². The summed E-state index contributed by atoms with van der Waals surface area (Å²) in [6.45, 7) is 1.81. The first-order chi connectivity index (χ1) is 10.8. The Bertz CT molecular complexity index is 626. The highest BCUT2D eigenvalue weighted by Crippen LogP contribution is 2.16. The zero-order chi connectivity index (χ0) is 15.4. The number of amides is 1. The lowest BCUT2D eigenvalue weighted by Gasteiger charge is -2.35. The number of aromatic nitrogens is 3. The Kier molecular flexibility index (Phi) is 4.48. The van der Waals surface area contributed by atoms with Crippen molar-refractivity contribution in [2.75, 3.05) is 19.8 Å². The molecule has 116 valence electrons. The summed E-state index contributed by atoms with van der Waals surface area (Å²) in [5, 5.41) is 0. The van der Waals surface area contributed by atoms with E-state index < -0.39 is 0 Å². The Hall–Kier alpha value is -2.21. The summed E-state index contributed by atoms with van der Waals surface area (Å²) in [6.07, 6.45) is 8.64. The molecular weight excluding hydrogens is 280 g/mol. The predicted molar refractivity (Wildman–Crippen MR) is 81.4 cm³/mol. The summed E-state index contributed by atoms with van der Waals surface area (Å²) < 4.78 is 7.42. The van der Waals surface area contributed by atoms with Crippen molar-refractivity contribution in [3.63, 3.8) is 0 Å². The van der Waals surface area contributed by atoms with E-state index in [9.17, 15) is 4.79 Å². The summed E-state index contributed by atoms with van der Waals surface area (Å²) in [6, 6.07) is 3.83. The number of rotatable bonds is 4. The lowest BCUT2D eigenvalue weighted by atomic mass is 10.1. The summed E-state index contributed by atoms with van der Waals surface area (Å²) >= 11 is 0. The Morgan fingerprint density at radius 2 is 2.36 bits per heavy atom. The van der Waals surface area contributed by atoms with Crippen molar-refractivity contribution in [3.05, 3.63) is 48.3 Å². The van der Waals surface area contributed by atoms with Crippen molar-refractivity contribution in [2.24, 2.45) is 7.05 Å². The largest absolute Gasteiger partial charge is 0.377 e. The second kappa shape index (κ2) is 6.70. The van der Waals surface area contributed by atoms with Gasteiger partial charge in [-0.15, -0.1) is 0 Å². The topological polar surface area (TPSA) is 60.2 Å². The van der Waals surface area contributed by atoms with Crippen LogP contribution in [0.25, 0.3) is 0 Å². The highest BCUT2D eigenvalue weighted by Gasteiger charge is 2.28. The molecule has 1 amide bonds. The van der Waals surface area contributed by atoms with Gasteiger partial charge in [0, 0.05) is 38.4 Å². The zero-order valence-electron chi connectivity index (χ0n) is 12.7. The summed E-state index contributed by atoms with van der Waals surface area (Å²) in [7, 11) is 1.89. The lowest BCUT2D eigenvalue weighted by Crippen LogP contribution is -2.49. The number of hydrogen-bond acceptors (Lipinski definition) is 4. The van der Waals surface area contributed by atoms with E-state index >= 15 is 0 Å². The molecule has 3 heterocycles. The molecule has 1 aliphatic heterocycles. The minimum atomic E-state index is 0.0694. The third-order valence-electron chi connectivity index (χ3n) is 4.00. The molecule has 1 atom stereocenters. The van der Waals surface area contributed by atoms with Gasteiger partial charge in [0.15, 0.2) is 0 Å². The molecule has 0 spiro atoms. The first-order valence-corrected chi connectivity index (χ1v) is 7.50. The molecule has 3 rings (SSSR count). The first kappa shape index (κ1) is 14.7. The van der Waals surface area contributed by atoms with Crippen LogP contribution < -0.4 is 0 Å². The van der Waals surface area contributed by atoms with Crippen LogP contribution in [-0.4, -0.2) is 51.1 Å². The summed E-state index contributed by atoms with van der Waals surface area (Å²) in [4.78, 5) is 23.0. The molecule has 6 nitrogen and oxygen atoms in total. The minimum absolute atomic E-state index is 0.0694. The Labute approximate surface area is 129 Å². The van der Waals surface area contributed by atoms with Gasteiger partial charge in [-0.1, -0.05) is 0 Å². The molecule has 0 unspecified atom stereocenters. The molecule has 0 bridgehead atoms. The van der Waals surface area contributed by atoms with Crippen LogP contribution in [0.3, 0.4) is 0 Å². The van der Waals surface area contributed by atoms with Gasteiger partial charge in [-0.3, -0.25) is 14.8 Å². The number of ether oxygens (including phenoxy) is 1. The molecule has 0 aromatic carbocycles. The van der Waals surface area contributed by atoms with Crippen molar-refractivity contribution < 1.29 is 9.53 Å². The van der Waals surface area contributed by atoms with E-state index in [4.69, 9.17) is 4.74 Å². The number of carbonyl (C=O) groups excluding carboxylic acids is 1. The minimum Gasteiger partial charge on any atom is -0.377 e. The second-order valence-electron chi connectivity index (χ2n) is 5.47. The van der Waals surface area contributed by atoms with Crippen LogP contribution in [0.2, 0.25) is 0 Å². The van der Waals surface area contributed by atoms with Gasteiger partial charge in [0.1, 0.15) is 5.69 Å². The average molecular weight is 300 g/mol. The van der Waals surface area contributed by atoms with Crippen LogP contribution >= 0.6 is 0 Å². The maximum absolute atomic E-state index is 12.7. The number of morpholine rings is 1. The van der Waals surface area contributed by atoms with E-state index in [1.165, 1.54) is 0 Å². The van der Waals surface area contributed by atoms with Crippen molar-refractivity contribution in [1.82, 2.24) is 19.4 Å². The lowest BCUT2D eigenvalue weighted by molar-refractivity contribution is -0.00461. The van der Waals surface area contributed by atoms with Gasteiger partial charge in [-0.25, -0.2) is 0 Å². The number of hydrogen-bond donors (Lipinski definition) is 0. The van der Waals surface area contributed by atoms with Gasteiger partial charge in [0.05, 0.1) is 24.9 Å². The average Bonchev–Trinajstić information content (AvgIpc) is 2.99. The zero-order valence-corrected chi connectivity index (χ0v) is 12.7. The van der Waals surface area contributed by atoms with Gasteiger partial charge in [-0.05, 0) is 25.0 Å². The first-order valence-electron chi connectivity index (χ1n) is 7.50. The van der Waals surface area contributed by atoms with E-state index in [1.54, 1.807) is 18.6 Å². The molecule has 1 aliphatic rings. The third-order valence-corrected chi connectivity index (χ3v) is 4.00. The van der Waals surface area contributed by atoms with E-state index in [0.29, 0.717) is 25.5 Å². The van der Waals surface area contributed by atoms with Crippen LogP contribution in [-0.2, 0) is 18.2 Å². The van der Waals surface area contributed by atoms with Crippen molar-refractivity contribution in [3.8, 4) is 0 Å². The van der Waals surface area contributed by atoms with Crippen LogP contribution in [0, 0.1) is 0 Å². The maximum Gasteiger partial charge on any atom is 0.270 e. The SMILES string of the molecule is Cn1cccc1C(=O)N1CCOC[C@H]1CCc1cnccn1. The molecular formula is C16H20N4O2. The molecule has 1 fully saturated rings. The van der Waals surface area contributed by atoms with E-state index in [-0.39, 0.29) is 11.9 Å². The highest BCUT2D eigenvalue weighted by molar-refractivity contribution is 5.93. The van der Waals surface area contributed by atoms with Crippen molar-refractivity contribution in [2.45, 2.75) is 18.9 Å². The van der Waals surface area contributed by atoms with Crippen LogP contribution in [0.15, 0.2) is 36.9 Å². The van der Waals surface area contributed by atoms with E-state index in [0.717, 1.165) is 18.5 Å². The fourth-order valence-corrected chi connectivity index (χ4v) is 2.77. The van der Waals surface area contributed by atoms with E-state index in [2.05, 4.69) is 9.97 Å². The third kappa shape index (κ3) is 3.17. The molecule has 0 saturated carbocycles. The van der Waals surface area contributed by atoms with Crippen LogP contribution in [0.5, 0.6) is 0 Å². The Morgan fingerprint density at radius 3 is 3.09 bits per heavy atom. The van der Waals surface area contributed by atoms with Crippen molar-refractivity contribution in [1.29, 1.82) is 0 Å². The Morgan fingerprint density at radius 1 is 1.45 bits per heavy atom. The number of carbonyl (C=O) groups is 1. The fraction of sp³-hybridized carbons (Fsp3) is 0.438. The van der Waals surface area contributed by atoms with E-state index in [1.807, 2.05) is 34.8 Å². The van der Waals surface area contributed by atoms with Gasteiger partial charge in [0.25, 0.3) is 5.91 Å². The fourth-order valence-electron chi connectivity index (χ4n) is 2.77.